The summed E-state index contributed by atoms with van der Waals surface area (Å²) in [6.07, 6.45) is -0.965. The largest absolute Gasteiger partial charge is 0.497 e. The van der Waals surface area contributed by atoms with Crippen LogP contribution in [0.3, 0.4) is 0 Å². The standard InChI is InChI=1S/C46H45N2O9PS/c1-31-29-48(45(50)47-44(31)49)43-28-40(57-58(51)56-39(32-13-7-4-8-14-32)27-42(59-58)33-15-9-5-10-16-33)41(55-43)30-54-46(34-17-11-6-12-18-34,35-19-23-37(52-2)24-20-35)36-21-25-38(53-3)26-22-36/h4-26,29,39-43H,27-28,30H2,1-3H3,(H,47,49,50)/t39-,40+,41-,42-,43-,58-/m1/s1. The third-order valence-electron chi connectivity index (χ3n) is 10.8. The van der Waals surface area contributed by atoms with Crippen LogP contribution in [-0.2, 0) is 28.7 Å². The highest BCUT2D eigenvalue weighted by Crippen LogP contribution is 2.73. The SMILES string of the molecule is COc1ccc(C(OC[C@H]2O[C@@H](n3cc(C)c(=O)[nH]c3=O)C[C@@H]2O[P@@]2(=O)O[C@@H](c3ccccc3)C[C@H](c3ccccc3)S2)(c2ccccc2)c2ccc(OC)cc2)cc1. The Balaban J connectivity index is 1.19. The molecule has 2 saturated heterocycles. The first kappa shape index (κ1) is 40.6. The lowest BCUT2D eigenvalue weighted by atomic mass is 9.80. The summed E-state index contributed by atoms with van der Waals surface area (Å²) >= 11 is 1.17. The number of benzene rings is 5. The quantitative estimate of drug-likeness (QED) is 0.0889. The van der Waals surface area contributed by atoms with Gasteiger partial charge in [0.2, 0.25) is 0 Å². The fourth-order valence-corrected chi connectivity index (χ4v) is 12.3. The van der Waals surface area contributed by atoms with Gasteiger partial charge in [-0.1, -0.05) is 115 Å². The van der Waals surface area contributed by atoms with Crippen molar-refractivity contribution in [2.45, 2.75) is 55.2 Å². The maximum atomic E-state index is 15.2. The van der Waals surface area contributed by atoms with Gasteiger partial charge < -0.3 is 18.9 Å². The molecule has 6 atom stereocenters. The Labute approximate surface area is 346 Å². The molecular formula is C46H45N2O9PS. The molecule has 0 aliphatic carbocycles. The number of hydrogen-bond acceptors (Lipinski definition) is 10. The van der Waals surface area contributed by atoms with E-state index in [0.29, 0.717) is 23.5 Å². The van der Waals surface area contributed by atoms with E-state index in [1.807, 2.05) is 140 Å². The molecule has 2 fully saturated rings. The summed E-state index contributed by atoms with van der Waals surface area (Å²) in [5, 5.41) is -0.200. The van der Waals surface area contributed by atoms with E-state index < -0.39 is 48.2 Å². The van der Waals surface area contributed by atoms with Gasteiger partial charge in [-0.3, -0.25) is 23.4 Å². The van der Waals surface area contributed by atoms with Crippen molar-refractivity contribution in [1.82, 2.24) is 9.55 Å². The molecule has 0 amide bonds. The lowest BCUT2D eigenvalue weighted by Crippen LogP contribution is -2.38. The van der Waals surface area contributed by atoms with Crippen molar-refractivity contribution < 1.29 is 32.6 Å². The highest BCUT2D eigenvalue weighted by molar-refractivity contribution is 8.55. The third kappa shape index (κ3) is 8.61. The number of methoxy groups -OCH3 is 2. The molecule has 0 unspecified atom stereocenters. The Hall–Kier alpha value is -5.20. The van der Waals surface area contributed by atoms with Gasteiger partial charge in [-0.15, -0.1) is 0 Å². The fourth-order valence-electron chi connectivity index (χ4n) is 7.78. The van der Waals surface area contributed by atoms with Crippen molar-refractivity contribution in [1.29, 1.82) is 0 Å². The van der Waals surface area contributed by atoms with Crippen molar-refractivity contribution in [3.8, 4) is 11.5 Å². The molecule has 1 N–H and O–H groups in total. The second-order valence-corrected chi connectivity index (χ2v) is 18.6. The van der Waals surface area contributed by atoms with Gasteiger partial charge in [-0.2, -0.15) is 0 Å². The first-order valence-electron chi connectivity index (χ1n) is 19.4. The van der Waals surface area contributed by atoms with Crippen LogP contribution in [0.4, 0.5) is 0 Å². The monoisotopic (exact) mass is 832 g/mol. The van der Waals surface area contributed by atoms with Crippen LogP contribution in [0.15, 0.2) is 155 Å². The molecule has 8 rings (SSSR count). The van der Waals surface area contributed by atoms with Gasteiger partial charge in [0.1, 0.15) is 35.5 Å². The smallest absolute Gasteiger partial charge is 0.390 e. The molecule has 13 heteroatoms. The molecule has 0 bridgehead atoms. The Morgan fingerprint density at radius 1 is 0.746 bits per heavy atom. The van der Waals surface area contributed by atoms with Crippen molar-refractivity contribution in [3.63, 3.8) is 0 Å². The number of hydrogen-bond donors (Lipinski definition) is 1. The second kappa shape index (κ2) is 17.6. The number of H-pyrrole nitrogens is 1. The van der Waals surface area contributed by atoms with Gasteiger partial charge in [-0.25, -0.2) is 9.36 Å². The van der Waals surface area contributed by atoms with Crippen LogP contribution in [0.5, 0.6) is 11.5 Å². The molecule has 5 aromatic carbocycles. The Morgan fingerprint density at radius 3 is 1.86 bits per heavy atom. The summed E-state index contributed by atoms with van der Waals surface area (Å²) in [6.45, 7) is -2.39. The lowest BCUT2D eigenvalue weighted by Gasteiger charge is -2.38. The van der Waals surface area contributed by atoms with E-state index in [1.165, 1.54) is 22.1 Å². The Bertz CT molecular complexity index is 2400. The van der Waals surface area contributed by atoms with Gasteiger partial charge in [0.15, 0.2) is 0 Å². The van der Waals surface area contributed by atoms with Crippen molar-refractivity contribution in [3.05, 3.63) is 200 Å². The number of aryl methyl sites for hydroxylation is 1. The third-order valence-corrected chi connectivity index (χ3v) is 14.9. The Kier molecular flexibility index (Phi) is 12.1. The second-order valence-electron chi connectivity index (χ2n) is 14.5. The van der Waals surface area contributed by atoms with Gasteiger partial charge >= 0.3 is 12.5 Å². The maximum absolute atomic E-state index is 15.2. The van der Waals surface area contributed by atoms with Crippen LogP contribution in [-0.4, -0.2) is 42.6 Å². The fraction of sp³-hybridized carbons (Fsp3) is 0.261. The molecule has 2 aliphatic heterocycles. The van der Waals surface area contributed by atoms with Crippen LogP contribution in [0, 0.1) is 6.92 Å². The molecule has 0 saturated carbocycles. The van der Waals surface area contributed by atoms with E-state index in [1.54, 1.807) is 21.1 Å². The molecule has 0 spiro atoms. The molecule has 1 aromatic heterocycles. The van der Waals surface area contributed by atoms with E-state index in [9.17, 15) is 9.59 Å². The molecule has 304 valence electrons. The van der Waals surface area contributed by atoms with Crippen LogP contribution >= 0.6 is 18.2 Å². The predicted molar refractivity (Wildman–Crippen MR) is 227 cm³/mol. The van der Waals surface area contributed by atoms with Gasteiger partial charge in [-0.05, 0) is 76.8 Å². The minimum absolute atomic E-state index is 0.0693. The van der Waals surface area contributed by atoms with E-state index >= 15 is 4.57 Å². The molecule has 59 heavy (non-hydrogen) atoms. The highest BCUT2D eigenvalue weighted by Gasteiger charge is 2.49. The van der Waals surface area contributed by atoms with E-state index in [2.05, 4.69) is 4.98 Å². The zero-order chi connectivity index (χ0) is 41.0. The summed E-state index contributed by atoms with van der Waals surface area (Å²) in [6, 6.07) is 44.9. The van der Waals surface area contributed by atoms with Crippen molar-refractivity contribution in [2.75, 3.05) is 20.8 Å². The summed E-state index contributed by atoms with van der Waals surface area (Å²) < 4.78 is 54.7. The van der Waals surface area contributed by atoms with Gasteiger partial charge in [0.05, 0.1) is 26.9 Å². The van der Waals surface area contributed by atoms with Crippen molar-refractivity contribution >= 4 is 18.2 Å². The number of rotatable bonds is 13. The van der Waals surface area contributed by atoms with E-state index in [4.69, 9.17) is 28.0 Å². The van der Waals surface area contributed by atoms with Gasteiger partial charge in [0, 0.05) is 23.4 Å². The number of aromatic amines is 1. The zero-order valence-electron chi connectivity index (χ0n) is 32.8. The minimum Gasteiger partial charge on any atom is -0.497 e. The summed E-state index contributed by atoms with van der Waals surface area (Å²) in [5.41, 5.74) is 2.37. The summed E-state index contributed by atoms with van der Waals surface area (Å²) in [4.78, 5) is 28.1. The van der Waals surface area contributed by atoms with E-state index in [-0.39, 0.29) is 18.3 Å². The first-order chi connectivity index (χ1) is 28.7. The lowest BCUT2D eigenvalue weighted by molar-refractivity contribution is -0.0926. The van der Waals surface area contributed by atoms with Crippen LogP contribution < -0.4 is 20.7 Å². The minimum atomic E-state index is -3.94. The highest BCUT2D eigenvalue weighted by atomic mass is 32.7. The number of ether oxygens (including phenoxy) is 4. The molecule has 2 aliphatic rings. The van der Waals surface area contributed by atoms with Crippen LogP contribution in [0.25, 0.3) is 0 Å². The van der Waals surface area contributed by atoms with Crippen molar-refractivity contribution in [2.24, 2.45) is 0 Å². The van der Waals surface area contributed by atoms with Gasteiger partial charge in [0.25, 0.3) is 5.56 Å². The molecule has 3 heterocycles. The number of nitrogens with zero attached hydrogens (tertiary/aromatic N) is 1. The average molecular weight is 833 g/mol. The normalized spacial score (nSPS) is 23.1. The predicted octanol–water partition coefficient (Wildman–Crippen LogP) is 9.29. The number of nitrogens with one attached hydrogen (secondary N) is 1. The van der Waals surface area contributed by atoms with Crippen LogP contribution in [0.1, 0.15) is 63.8 Å². The molecule has 0 radical (unpaired) electrons. The summed E-state index contributed by atoms with van der Waals surface area (Å²) in [5.74, 6) is 1.36. The first-order valence-corrected chi connectivity index (χ1v) is 22.4. The summed E-state index contributed by atoms with van der Waals surface area (Å²) in [7, 11) is 3.24. The molecule has 6 aromatic rings. The molecular weight excluding hydrogens is 788 g/mol. The Morgan fingerprint density at radius 2 is 1.29 bits per heavy atom. The maximum Gasteiger partial charge on any atom is 0.390 e. The topological polar surface area (TPSA) is 127 Å². The van der Waals surface area contributed by atoms with E-state index in [0.717, 1.165) is 27.8 Å². The number of aromatic nitrogens is 2. The zero-order valence-corrected chi connectivity index (χ0v) is 34.6. The molecule has 11 nitrogen and oxygen atoms in total. The van der Waals surface area contributed by atoms with Crippen LogP contribution in [0.2, 0.25) is 0 Å². The average Bonchev–Trinajstić information content (AvgIpc) is 3.67.